The van der Waals surface area contributed by atoms with Gasteiger partial charge in [0.05, 0.1) is 23.7 Å². The Bertz CT molecular complexity index is 495. The molecule has 0 bridgehead atoms. The van der Waals surface area contributed by atoms with Crippen molar-refractivity contribution < 1.29 is 14.1 Å². The zero-order chi connectivity index (χ0) is 14.0. The number of nitrogens with zero attached hydrogens (tertiary/aromatic N) is 2. The Morgan fingerprint density at radius 2 is 2.37 bits per heavy atom. The standard InChI is InChI=1S/C12H16FN3O3/c1-8-4-11(12(16(17)18)5-10(8)13)15-2-3-19-9(6-14)7-15/h4-5,9H,2-3,6-7,14H2,1H3. The molecule has 1 aromatic rings. The minimum Gasteiger partial charge on any atom is -0.373 e. The van der Waals surface area contributed by atoms with Gasteiger partial charge in [-0.25, -0.2) is 4.39 Å². The summed E-state index contributed by atoms with van der Waals surface area (Å²) in [6, 6.07) is 2.48. The Labute approximate surface area is 110 Å². The van der Waals surface area contributed by atoms with Gasteiger partial charge in [-0.1, -0.05) is 0 Å². The molecule has 2 N–H and O–H groups in total. The molecule has 1 aromatic carbocycles. The monoisotopic (exact) mass is 269 g/mol. The highest BCUT2D eigenvalue weighted by molar-refractivity contribution is 5.65. The van der Waals surface area contributed by atoms with Gasteiger partial charge in [-0.3, -0.25) is 10.1 Å². The molecule has 1 fully saturated rings. The average molecular weight is 269 g/mol. The van der Waals surface area contributed by atoms with Crippen molar-refractivity contribution in [2.45, 2.75) is 13.0 Å². The van der Waals surface area contributed by atoms with Crippen molar-refractivity contribution in [1.82, 2.24) is 0 Å². The number of hydrogen-bond donors (Lipinski definition) is 1. The quantitative estimate of drug-likeness (QED) is 0.658. The zero-order valence-corrected chi connectivity index (χ0v) is 10.6. The summed E-state index contributed by atoms with van der Waals surface area (Å²) in [4.78, 5) is 12.3. The molecule has 1 saturated heterocycles. The predicted octanol–water partition coefficient (Wildman–Crippen LogP) is 1.21. The lowest BCUT2D eigenvalue weighted by molar-refractivity contribution is -0.384. The summed E-state index contributed by atoms with van der Waals surface area (Å²) in [5.41, 5.74) is 6.14. The SMILES string of the molecule is Cc1cc(N2CCOC(CN)C2)c([N+](=O)[O-])cc1F. The largest absolute Gasteiger partial charge is 0.373 e. The predicted molar refractivity (Wildman–Crippen MR) is 68.8 cm³/mol. The molecule has 104 valence electrons. The maximum Gasteiger partial charge on any atom is 0.295 e. The van der Waals surface area contributed by atoms with Crippen LogP contribution in [0, 0.1) is 22.9 Å². The molecule has 0 spiro atoms. The van der Waals surface area contributed by atoms with Crippen molar-refractivity contribution in [3.63, 3.8) is 0 Å². The second-order valence-electron chi connectivity index (χ2n) is 4.52. The molecule has 1 heterocycles. The second-order valence-corrected chi connectivity index (χ2v) is 4.52. The highest BCUT2D eigenvalue weighted by Crippen LogP contribution is 2.31. The van der Waals surface area contributed by atoms with E-state index in [0.29, 0.717) is 37.5 Å². The fourth-order valence-corrected chi connectivity index (χ4v) is 2.14. The van der Waals surface area contributed by atoms with Crippen LogP contribution in [0.15, 0.2) is 12.1 Å². The van der Waals surface area contributed by atoms with Crippen molar-refractivity contribution in [3.8, 4) is 0 Å². The number of anilines is 1. The summed E-state index contributed by atoms with van der Waals surface area (Å²) < 4.78 is 18.9. The van der Waals surface area contributed by atoms with Crippen LogP contribution in [-0.2, 0) is 4.74 Å². The van der Waals surface area contributed by atoms with Gasteiger partial charge in [0, 0.05) is 19.6 Å². The molecule has 0 saturated carbocycles. The van der Waals surface area contributed by atoms with Crippen LogP contribution in [-0.4, -0.2) is 37.3 Å². The van der Waals surface area contributed by atoms with E-state index in [-0.39, 0.29) is 11.8 Å². The van der Waals surface area contributed by atoms with Crippen molar-refractivity contribution in [3.05, 3.63) is 33.6 Å². The fourth-order valence-electron chi connectivity index (χ4n) is 2.14. The number of morpholine rings is 1. The maximum atomic E-state index is 13.5. The van der Waals surface area contributed by atoms with Crippen LogP contribution in [0.1, 0.15) is 5.56 Å². The van der Waals surface area contributed by atoms with Crippen LogP contribution in [0.4, 0.5) is 15.8 Å². The van der Waals surface area contributed by atoms with Crippen molar-refractivity contribution in [1.29, 1.82) is 0 Å². The van der Waals surface area contributed by atoms with Gasteiger partial charge >= 0.3 is 0 Å². The Balaban J connectivity index is 2.37. The van der Waals surface area contributed by atoms with Gasteiger partial charge in [0.1, 0.15) is 11.5 Å². The summed E-state index contributed by atoms with van der Waals surface area (Å²) in [5.74, 6) is -0.570. The molecule has 1 unspecified atom stereocenters. The third-order valence-corrected chi connectivity index (χ3v) is 3.19. The van der Waals surface area contributed by atoms with Gasteiger partial charge in [-0.15, -0.1) is 0 Å². The third-order valence-electron chi connectivity index (χ3n) is 3.19. The molecule has 0 radical (unpaired) electrons. The number of nitrogens with two attached hydrogens (primary N) is 1. The number of nitro groups is 1. The zero-order valence-electron chi connectivity index (χ0n) is 10.6. The molecule has 1 aliphatic rings. The van der Waals surface area contributed by atoms with Gasteiger partial charge in [0.25, 0.3) is 5.69 Å². The van der Waals surface area contributed by atoms with Crippen LogP contribution >= 0.6 is 0 Å². The molecule has 7 heteroatoms. The molecule has 19 heavy (non-hydrogen) atoms. The van der Waals surface area contributed by atoms with Gasteiger partial charge < -0.3 is 15.4 Å². The van der Waals surface area contributed by atoms with Crippen molar-refractivity contribution in [2.24, 2.45) is 5.73 Å². The number of rotatable bonds is 3. The van der Waals surface area contributed by atoms with Crippen LogP contribution in [0.2, 0.25) is 0 Å². The summed E-state index contributed by atoms with van der Waals surface area (Å²) in [6.45, 7) is 3.40. The van der Waals surface area contributed by atoms with Gasteiger partial charge in [-0.2, -0.15) is 0 Å². The highest BCUT2D eigenvalue weighted by Gasteiger charge is 2.26. The van der Waals surface area contributed by atoms with E-state index in [9.17, 15) is 14.5 Å². The average Bonchev–Trinajstić information content (AvgIpc) is 2.41. The first-order valence-corrected chi connectivity index (χ1v) is 6.04. The number of hydrogen-bond acceptors (Lipinski definition) is 5. The lowest BCUT2D eigenvalue weighted by Crippen LogP contribution is -2.45. The molecule has 6 nitrogen and oxygen atoms in total. The summed E-state index contributed by atoms with van der Waals surface area (Å²) in [6.07, 6.45) is -0.154. The summed E-state index contributed by atoms with van der Waals surface area (Å²) >= 11 is 0. The van der Waals surface area contributed by atoms with E-state index in [0.717, 1.165) is 6.07 Å². The van der Waals surface area contributed by atoms with Crippen LogP contribution in [0.5, 0.6) is 0 Å². The maximum absolute atomic E-state index is 13.5. The third kappa shape index (κ3) is 2.82. The molecule has 2 rings (SSSR count). The van der Waals surface area contributed by atoms with Crippen molar-refractivity contribution in [2.75, 3.05) is 31.1 Å². The van der Waals surface area contributed by atoms with E-state index >= 15 is 0 Å². The van der Waals surface area contributed by atoms with E-state index < -0.39 is 10.7 Å². The van der Waals surface area contributed by atoms with E-state index in [2.05, 4.69) is 0 Å². The first-order valence-electron chi connectivity index (χ1n) is 6.04. The Kier molecular flexibility index (Phi) is 3.96. The van der Waals surface area contributed by atoms with Crippen LogP contribution in [0.25, 0.3) is 0 Å². The minimum absolute atomic E-state index is 0.154. The highest BCUT2D eigenvalue weighted by atomic mass is 19.1. The minimum atomic E-state index is -0.570. The summed E-state index contributed by atoms with van der Waals surface area (Å²) in [5, 5.41) is 11.0. The van der Waals surface area contributed by atoms with Gasteiger partial charge in [0.15, 0.2) is 0 Å². The normalized spacial score (nSPS) is 19.5. The van der Waals surface area contributed by atoms with Crippen molar-refractivity contribution >= 4 is 11.4 Å². The van der Waals surface area contributed by atoms with E-state index in [1.165, 1.54) is 6.07 Å². The second kappa shape index (κ2) is 5.50. The van der Waals surface area contributed by atoms with E-state index in [1.807, 2.05) is 4.90 Å². The first kappa shape index (κ1) is 13.7. The topological polar surface area (TPSA) is 81.6 Å². The molecule has 1 aliphatic heterocycles. The first-order chi connectivity index (χ1) is 9.02. The molecule has 0 aliphatic carbocycles. The number of ether oxygens (including phenoxy) is 1. The molecule has 0 amide bonds. The van der Waals surface area contributed by atoms with E-state index in [1.54, 1.807) is 6.92 Å². The summed E-state index contributed by atoms with van der Waals surface area (Å²) in [7, 11) is 0. The number of nitro benzene ring substituents is 1. The number of aryl methyl sites for hydroxylation is 1. The number of halogens is 1. The smallest absolute Gasteiger partial charge is 0.295 e. The molecular weight excluding hydrogens is 253 g/mol. The number of benzene rings is 1. The lowest BCUT2D eigenvalue weighted by Gasteiger charge is -2.33. The molecule has 0 aromatic heterocycles. The van der Waals surface area contributed by atoms with E-state index in [4.69, 9.17) is 10.5 Å². The Morgan fingerprint density at radius 3 is 3.00 bits per heavy atom. The Morgan fingerprint density at radius 1 is 1.63 bits per heavy atom. The molecular formula is C12H16FN3O3. The Hall–Kier alpha value is -1.73. The van der Waals surface area contributed by atoms with Crippen LogP contribution < -0.4 is 10.6 Å². The lowest BCUT2D eigenvalue weighted by atomic mass is 10.1. The molecule has 1 atom stereocenters. The van der Waals surface area contributed by atoms with Crippen LogP contribution in [0.3, 0.4) is 0 Å². The van der Waals surface area contributed by atoms with Gasteiger partial charge in [0.2, 0.25) is 0 Å². The fraction of sp³-hybridized carbons (Fsp3) is 0.500. The van der Waals surface area contributed by atoms with Gasteiger partial charge in [-0.05, 0) is 18.6 Å².